The zero-order chi connectivity index (χ0) is 13.0. The van der Waals surface area contributed by atoms with Gasteiger partial charge in [-0.3, -0.25) is 0 Å². The van der Waals surface area contributed by atoms with E-state index in [0.29, 0.717) is 12.0 Å². The van der Waals surface area contributed by atoms with Crippen molar-refractivity contribution in [3.05, 3.63) is 77.2 Å². The third-order valence-electron chi connectivity index (χ3n) is 2.64. The predicted octanol–water partition coefficient (Wildman–Crippen LogP) is 3.63. The molecule has 0 bridgehead atoms. The van der Waals surface area contributed by atoms with Gasteiger partial charge in [-0.2, -0.15) is 5.26 Å². The Bertz CT molecular complexity index is 600. The van der Waals surface area contributed by atoms with Crippen LogP contribution in [0.2, 0.25) is 0 Å². The summed E-state index contributed by atoms with van der Waals surface area (Å²) in [7, 11) is 0. The van der Waals surface area contributed by atoms with Crippen molar-refractivity contribution in [1.29, 1.82) is 5.26 Å². The average Bonchev–Trinajstić information content (AvgIpc) is 2.40. The molecule has 89 valence electrons. The Labute approximate surface area is 104 Å². The molecule has 2 aromatic carbocycles. The second kappa shape index (κ2) is 5.42. The van der Waals surface area contributed by atoms with Crippen LogP contribution >= 0.6 is 0 Å². The van der Waals surface area contributed by atoms with Crippen molar-refractivity contribution in [2.45, 2.75) is 6.42 Å². The van der Waals surface area contributed by atoms with Gasteiger partial charge in [0.25, 0.3) is 0 Å². The normalized spacial score (nSPS) is 10.1. The van der Waals surface area contributed by atoms with E-state index in [1.54, 1.807) is 24.6 Å². The molecule has 0 heterocycles. The summed E-state index contributed by atoms with van der Waals surface area (Å²) in [5.74, 6) is -0.943. The Kier molecular flexibility index (Phi) is 3.69. The Balaban J connectivity index is 2.17. The monoisotopic (exact) mass is 242 g/mol. The van der Waals surface area contributed by atoms with Crippen LogP contribution in [0.3, 0.4) is 0 Å². The maximum Gasteiger partial charge on any atom is 0.126 e. The van der Waals surface area contributed by atoms with E-state index in [-0.39, 0.29) is 5.56 Å². The molecule has 0 unspecified atom stereocenters. The van der Waals surface area contributed by atoms with E-state index < -0.39 is 11.6 Å². The van der Waals surface area contributed by atoms with E-state index in [0.717, 1.165) is 23.8 Å². The molecule has 0 aliphatic heterocycles. The van der Waals surface area contributed by atoms with Gasteiger partial charge in [-0.15, -0.1) is 0 Å². The second-order valence-corrected chi connectivity index (χ2v) is 3.84. The first-order valence-corrected chi connectivity index (χ1v) is 5.47. The summed E-state index contributed by atoms with van der Waals surface area (Å²) in [5.41, 5.74) is 1.55. The highest BCUT2D eigenvalue weighted by Crippen LogP contribution is 2.16. The topological polar surface area (TPSA) is 23.8 Å². The molecule has 0 amide bonds. The lowest BCUT2D eigenvalue weighted by Crippen LogP contribution is -1.95. The van der Waals surface area contributed by atoms with Crippen molar-refractivity contribution in [3.8, 4) is 6.07 Å². The van der Waals surface area contributed by atoms with Crippen molar-refractivity contribution in [1.82, 2.24) is 0 Å². The van der Waals surface area contributed by atoms with Gasteiger partial charge in [0, 0.05) is 0 Å². The van der Waals surface area contributed by atoms with Gasteiger partial charge in [0.1, 0.15) is 11.6 Å². The first-order chi connectivity index (χ1) is 8.70. The molecule has 1 nitrogen and oxygen atoms in total. The molecule has 0 saturated heterocycles. The van der Waals surface area contributed by atoms with Crippen LogP contribution in [0.15, 0.2) is 42.5 Å². The lowest BCUT2D eigenvalue weighted by molar-refractivity contribution is 0.593. The molecule has 18 heavy (non-hydrogen) atoms. The average molecular weight is 242 g/mol. The highest BCUT2D eigenvalue weighted by Gasteiger charge is 2.06. The van der Waals surface area contributed by atoms with E-state index in [4.69, 9.17) is 5.26 Å². The molecule has 0 saturated carbocycles. The molecule has 0 aliphatic carbocycles. The first kappa shape index (κ1) is 12.3. The standard InChI is InChI=1S/C15H10F2N/c16-14-7-8-15(17)12(9-14)6-5-11-3-1-2-4-13(11)10-18/h1-4,6-9H,5H2. The molecule has 2 rings (SSSR count). The fourth-order valence-electron chi connectivity index (χ4n) is 1.70. The van der Waals surface area contributed by atoms with Gasteiger partial charge in [0.05, 0.1) is 11.6 Å². The number of rotatable bonds is 3. The maximum atomic E-state index is 13.4. The molecule has 2 aromatic rings. The summed E-state index contributed by atoms with van der Waals surface area (Å²) in [6, 6.07) is 12.5. The molecule has 0 spiro atoms. The summed E-state index contributed by atoms with van der Waals surface area (Å²) in [6.07, 6.45) is 1.97. The van der Waals surface area contributed by atoms with Crippen LogP contribution in [0.5, 0.6) is 0 Å². The Morgan fingerprint density at radius 3 is 2.67 bits per heavy atom. The number of hydrogen-bond donors (Lipinski definition) is 0. The van der Waals surface area contributed by atoms with Crippen molar-refractivity contribution >= 4 is 0 Å². The van der Waals surface area contributed by atoms with Crippen molar-refractivity contribution in [3.63, 3.8) is 0 Å². The second-order valence-electron chi connectivity index (χ2n) is 3.84. The largest absolute Gasteiger partial charge is 0.207 e. The van der Waals surface area contributed by atoms with Gasteiger partial charge in [-0.05, 0) is 48.2 Å². The van der Waals surface area contributed by atoms with Crippen LogP contribution in [0.1, 0.15) is 16.7 Å². The summed E-state index contributed by atoms with van der Waals surface area (Å²) in [4.78, 5) is 0. The van der Waals surface area contributed by atoms with E-state index >= 15 is 0 Å². The zero-order valence-electron chi connectivity index (χ0n) is 9.53. The van der Waals surface area contributed by atoms with Gasteiger partial charge in [0.2, 0.25) is 0 Å². The smallest absolute Gasteiger partial charge is 0.126 e. The molecular weight excluding hydrogens is 232 g/mol. The van der Waals surface area contributed by atoms with E-state index in [1.807, 2.05) is 6.07 Å². The van der Waals surface area contributed by atoms with Gasteiger partial charge in [0.15, 0.2) is 0 Å². The molecule has 0 atom stereocenters. The minimum absolute atomic E-state index is 0.211. The highest BCUT2D eigenvalue weighted by molar-refractivity contribution is 5.39. The lowest BCUT2D eigenvalue weighted by atomic mass is 10.00. The number of halogens is 2. The minimum Gasteiger partial charge on any atom is -0.207 e. The van der Waals surface area contributed by atoms with Crippen LogP contribution in [0, 0.1) is 29.4 Å². The Hall–Kier alpha value is -2.21. The van der Waals surface area contributed by atoms with Gasteiger partial charge in [-0.25, -0.2) is 8.78 Å². The van der Waals surface area contributed by atoms with Gasteiger partial charge in [-0.1, -0.05) is 18.2 Å². The number of hydrogen-bond acceptors (Lipinski definition) is 1. The van der Waals surface area contributed by atoms with Crippen molar-refractivity contribution in [2.75, 3.05) is 0 Å². The molecule has 1 radical (unpaired) electrons. The molecule has 3 heteroatoms. The summed E-state index contributed by atoms with van der Waals surface area (Å²) < 4.78 is 26.4. The lowest BCUT2D eigenvalue weighted by Gasteiger charge is -2.05. The van der Waals surface area contributed by atoms with Crippen LogP contribution < -0.4 is 0 Å². The van der Waals surface area contributed by atoms with E-state index in [2.05, 4.69) is 6.07 Å². The summed E-state index contributed by atoms with van der Waals surface area (Å²) in [6.45, 7) is 0. The molecular formula is C15H10F2N. The maximum absolute atomic E-state index is 13.4. The van der Waals surface area contributed by atoms with Crippen LogP contribution in [-0.4, -0.2) is 0 Å². The Morgan fingerprint density at radius 2 is 1.89 bits per heavy atom. The molecule has 0 fully saturated rings. The fourth-order valence-corrected chi connectivity index (χ4v) is 1.70. The van der Waals surface area contributed by atoms with Gasteiger partial charge < -0.3 is 0 Å². The molecule has 0 N–H and O–H groups in total. The van der Waals surface area contributed by atoms with Crippen LogP contribution in [0.4, 0.5) is 8.78 Å². The predicted molar refractivity (Wildman–Crippen MR) is 64.6 cm³/mol. The van der Waals surface area contributed by atoms with Gasteiger partial charge >= 0.3 is 0 Å². The third-order valence-corrected chi connectivity index (χ3v) is 2.64. The fraction of sp³-hybridized carbons (Fsp3) is 0.0667. The number of nitrogens with zero attached hydrogens (tertiary/aromatic N) is 1. The SMILES string of the molecule is N#Cc1ccccc1C[CH]c1cc(F)ccc1F. The number of nitriles is 1. The first-order valence-electron chi connectivity index (χ1n) is 5.47. The number of benzene rings is 2. The third kappa shape index (κ3) is 2.72. The van der Waals surface area contributed by atoms with Crippen molar-refractivity contribution < 1.29 is 8.78 Å². The molecule has 0 aromatic heterocycles. The minimum atomic E-state index is -0.476. The Morgan fingerprint density at radius 1 is 1.11 bits per heavy atom. The van der Waals surface area contributed by atoms with Crippen LogP contribution in [0.25, 0.3) is 0 Å². The summed E-state index contributed by atoms with van der Waals surface area (Å²) >= 11 is 0. The highest BCUT2D eigenvalue weighted by atomic mass is 19.1. The quantitative estimate of drug-likeness (QED) is 0.806. The van der Waals surface area contributed by atoms with E-state index in [9.17, 15) is 8.78 Å². The van der Waals surface area contributed by atoms with E-state index in [1.165, 1.54) is 0 Å². The molecule has 0 aliphatic rings. The van der Waals surface area contributed by atoms with Crippen molar-refractivity contribution in [2.24, 2.45) is 0 Å². The zero-order valence-corrected chi connectivity index (χ0v) is 9.53. The summed E-state index contributed by atoms with van der Waals surface area (Å²) in [5, 5.41) is 8.92. The van der Waals surface area contributed by atoms with Crippen LogP contribution in [-0.2, 0) is 6.42 Å².